The zero-order chi connectivity index (χ0) is 14.1. The molecule has 104 valence electrons. The van der Waals surface area contributed by atoms with Crippen LogP contribution in [0, 0.1) is 5.92 Å². The van der Waals surface area contributed by atoms with E-state index in [0.29, 0.717) is 31.5 Å². The highest BCUT2D eigenvalue weighted by Crippen LogP contribution is 2.20. The van der Waals surface area contributed by atoms with E-state index in [1.807, 2.05) is 30.5 Å². The highest BCUT2D eigenvalue weighted by molar-refractivity contribution is 5.98. The summed E-state index contributed by atoms with van der Waals surface area (Å²) in [5.41, 5.74) is 6.94. The van der Waals surface area contributed by atoms with Crippen LogP contribution in [0.15, 0.2) is 30.5 Å². The Morgan fingerprint density at radius 2 is 1.95 bits per heavy atom. The number of nitrogens with one attached hydrogen (secondary N) is 1. The molecule has 0 spiro atoms. The van der Waals surface area contributed by atoms with Crippen molar-refractivity contribution in [1.29, 1.82) is 0 Å². The summed E-state index contributed by atoms with van der Waals surface area (Å²) < 4.78 is 0. The molecule has 1 aromatic carbocycles. The van der Waals surface area contributed by atoms with Gasteiger partial charge in [-0.3, -0.25) is 9.59 Å². The van der Waals surface area contributed by atoms with Gasteiger partial charge in [0.1, 0.15) is 0 Å². The third kappa shape index (κ3) is 2.27. The lowest BCUT2D eigenvalue weighted by atomic mass is 9.96. The zero-order valence-corrected chi connectivity index (χ0v) is 11.1. The van der Waals surface area contributed by atoms with Gasteiger partial charge in [-0.1, -0.05) is 6.07 Å². The minimum atomic E-state index is -0.259. The molecule has 2 aromatic rings. The van der Waals surface area contributed by atoms with Gasteiger partial charge in [-0.2, -0.15) is 0 Å². The van der Waals surface area contributed by atoms with E-state index in [0.717, 1.165) is 10.9 Å². The highest BCUT2D eigenvalue weighted by atomic mass is 16.2. The summed E-state index contributed by atoms with van der Waals surface area (Å²) in [5.74, 6) is -0.334. The lowest BCUT2D eigenvalue weighted by Crippen LogP contribution is -2.41. The van der Waals surface area contributed by atoms with Gasteiger partial charge in [0.2, 0.25) is 5.91 Å². The van der Waals surface area contributed by atoms with Gasteiger partial charge in [-0.25, -0.2) is 0 Å². The van der Waals surface area contributed by atoms with Crippen molar-refractivity contribution < 1.29 is 9.59 Å². The average Bonchev–Trinajstić information content (AvgIpc) is 2.94. The van der Waals surface area contributed by atoms with Crippen LogP contribution >= 0.6 is 0 Å². The number of rotatable bonds is 2. The summed E-state index contributed by atoms with van der Waals surface area (Å²) in [6.07, 6.45) is 3.18. The minimum Gasteiger partial charge on any atom is -0.369 e. The summed E-state index contributed by atoms with van der Waals surface area (Å²) >= 11 is 0. The number of hydrogen-bond donors (Lipinski definition) is 2. The molecule has 0 unspecified atom stereocenters. The van der Waals surface area contributed by atoms with Gasteiger partial charge in [-0.05, 0) is 36.4 Å². The van der Waals surface area contributed by atoms with E-state index < -0.39 is 0 Å². The Labute approximate surface area is 116 Å². The first-order valence-corrected chi connectivity index (χ1v) is 6.81. The number of H-pyrrole nitrogens is 1. The number of amides is 2. The summed E-state index contributed by atoms with van der Waals surface area (Å²) in [6, 6.07) is 7.63. The largest absolute Gasteiger partial charge is 0.369 e. The second-order valence-corrected chi connectivity index (χ2v) is 5.25. The third-order valence-electron chi connectivity index (χ3n) is 3.99. The topological polar surface area (TPSA) is 79.2 Å². The van der Waals surface area contributed by atoms with Crippen molar-refractivity contribution in [3.8, 4) is 0 Å². The maximum Gasteiger partial charge on any atom is 0.253 e. The minimum absolute atomic E-state index is 0.0180. The molecule has 0 saturated carbocycles. The number of nitrogens with zero attached hydrogens (tertiary/aromatic N) is 1. The Morgan fingerprint density at radius 3 is 2.65 bits per heavy atom. The summed E-state index contributed by atoms with van der Waals surface area (Å²) in [6.45, 7) is 1.18. The Morgan fingerprint density at radius 1 is 1.20 bits per heavy atom. The predicted octanol–water partition coefficient (Wildman–Crippen LogP) is 1.51. The van der Waals surface area contributed by atoms with Crippen molar-refractivity contribution >= 4 is 22.7 Å². The van der Waals surface area contributed by atoms with Crippen molar-refractivity contribution in [2.24, 2.45) is 11.7 Å². The SMILES string of the molecule is NC(=O)C1CCN(C(=O)c2ccc3cc[nH]c3c2)CC1. The maximum absolute atomic E-state index is 12.4. The molecular formula is C15H17N3O2. The molecule has 1 fully saturated rings. The highest BCUT2D eigenvalue weighted by Gasteiger charge is 2.26. The van der Waals surface area contributed by atoms with E-state index in [2.05, 4.69) is 4.98 Å². The van der Waals surface area contributed by atoms with Crippen LogP contribution in [-0.2, 0) is 4.79 Å². The van der Waals surface area contributed by atoms with Gasteiger partial charge < -0.3 is 15.6 Å². The monoisotopic (exact) mass is 271 g/mol. The van der Waals surface area contributed by atoms with Crippen molar-refractivity contribution in [2.45, 2.75) is 12.8 Å². The Bertz CT molecular complexity index is 654. The number of nitrogens with two attached hydrogens (primary N) is 1. The molecule has 0 aliphatic carbocycles. The average molecular weight is 271 g/mol. The lowest BCUT2D eigenvalue weighted by molar-refractivity contribution is -0.123. The molecule has 2 heterocycles. The lowest BCUT2D eigenvalue weighted by Gasteiger charge is -2.30. The number of hydrogen-bond acceptors (Lipinski definition) is 2. The molecular weight excluding hydrogens is 254 g/mol. The number of carbonyl (C=O) groups excluding carboxylic acids is 2. The van der Waals surface area contributed by atoms with Crippen LogP contribution in [0.3, 0.4) is 0 Å². The first-order chi connectivity index (χ1) is 9.65. The smallest absolute Gasteiger partial charge is 0.253 e. The zero-order valence-electron chi connectivity index (χ0n) is 11.1. The molecule has 3 N–H and O–H groups in total. The van der Waals surface area contributed by atoms with E-state index in [1.54, 1.807) is 4.90 Å². The number of aromatic nitrogens is 1. The fraction of sp³-hybridized carbons (Fsp3) is 0.333. The van der Waals surface area contributed by atoms with Crippen molar-refractivity contribution in [2.75, 3.05) is 13.1 Å². The summed E-state index contributed by atoms with van der Waals surface area (Å²) in [4.78, 5) is 28.5. The van der Waals surface area contributed by atoms with E-state index in [-0.39, 0.29) is 17.7 Å². The number of carbonyl (C=O) groups is 2. The molecule has 1 aliphatic heterocycles. The molecule has 3 rings (SSSR count). The van der Waals surface area contributed by atoms with Crippen molar-refractivity contribution in [3.05, 3.63) is 36.0 Å². The normalized spacial score (nSPS) is 16.5. The van der Waals surface area contributed by atoms with Crippen LogP contribution in [0.4, 0.5) is 0 Å². The number of benzene rings is 1. The van der Waals surface area contributed by atoms with E-state index in [9.17, 15) is 9.59 Å². The fourth-order valence-electron chi connectivity index (χ4n) is 2.73. The second kappa shape index (κ2) is 5.00. The van der Waals surface area contributed by atoms with Crippen LogP contribution in [0.25, 0.3) is 10.9 Å². The first kappa shape index (κ1) is 12.7. The Balaban J connectivity index is 1.74. The van der Waals surface area contributed by atoms with Crippen LogP contribution in [0.2, 0.25) is 0 Å². The maximum atomic E-state index is 12.4. The summed E-state index contributed by atoms with van der Waals surface area (Å²) in [5, 5.41) is 1.09. The van der Waals surface area contributed by atoms with Gasteiger partial charge in [-0.15, -0.1) is 0 Å². The standard InChI is InChI=1S/C15H17N3O2/c16-14(19)11-4-7-18(8-5-11)15(20)12-2-1-10-3-6-17-13(10)9-12/h1-3,6,9,11,17H,4-5,7-8H2,(H2,16,19). The van der Waals surface area contributed by atoms with Crippen LogP contribution in [0.5, 0.6) is 0 Å². The molecule has 0 radical (unpaired) electrons. The van der Waals surface area contributed by atoms with E-state index in [1.165, 1.54) is 0 Å². The third-order valence-corrected chi connectivity index (χ3v) is 3.99. The predicted molar refractivity (Wildman–Crippen MR) is 76.1 cm³/mol. The Kier molecular flexibility index (Phi) is 3.18. The van der Waals surface area contributed by atoms with Gasteiger partial charge in [0, 0.05) is 36.3 Å². The molecule has 5 nitrogen and oxygen atoms in total. The molecule has 5 heteroatoms. The van der Waals surface area contributed by atoms with Gasteiger partial charge >= 0.3 is 0 Å². The molecule has 1 aliphatic rings. The van der Waals surface area contributed by atoms with Crippen molar-refractivity contribution in [3.63, 3.8) is 0 Å². The van der Waals surface area contributed by atoms with Gasteiger partial charge in [0.15, 0.2) is 0 Å². The van der Waals surface area contributed by atoms with Crippen molar-refractivity contribution in [1.82, 2.24) is 9.88 Å². The molecule has 0 atom stereocenters. The number of likely N-dealkylation sites (tertiary alicyclic amines) is 1. The van der Waals surface area contributed by atoms with Gasteiger partial charge in [0.25, 0.3) is 5.91 Å². The van der Waals surface area contributed by atoms with Crippen LogP contribution in [0.1, 0.15) is 23.2 Å². The molecule has 1 saturated heterocycles. The molecule has 20 heavy (non-hydrogen) atoms. The van der Waals surface area contributed by atoms with E-state index >= 15 is 0 Å². The number of fused-ring (bicyclic) bond motifs is 1. The second-order valence-electron chi connectivity index (χ2n) is 5.25. The quantitative estimate of drug-likeness (QED) is 0.868. The number of primary amides is 1. The van der Waals surface area contributed by atoms with Crippen LogP contribution < -0.4 is 5.73 Å². The summed E-state index contributed by atoms with van der Waals surface area (Å²) in [7, 11) is 0. The molecule has 2 amide bonds. The van der Waals surface area contributed by atoms with Crippen LogP contribution in [-0.4, -0.2) is 34.8 Å². The Hall–Kier alpha value is -2.30. The number of aromatic amines is 1. The molecule has 0 bridgehead atoms. The fourth-order valence-corrected chi connectivity index (χ4v) is 2.73. The molecule has 1 aromatic heterocycles. The van der Waals surface area contributed by atoms with Gasteiger partial charge in [0.05, 0.1) is 0 Å². The first-order valence-electron chi connectivity index (χ1n) is 6.81. The van der Waals surface area contributed by atoms with E-state index in [4.69, 9.17) is 5.73 Å². The number of piperidine rings is 1.